The lowest BCUT2D eigenvalue weighted by Gasteiger charge is -2.21. The highest BCUT2D eigenvalue weighted by Gasteiger charge is 2.15. The first kappa shape index (κ1) is 10.7. The van der Waals surface area contributed by atoms with Crippen molar-refractivity contribution in [3.8, 4) is 0 Å². The molecular formula is C10H20N2O. The lowest BCUT2D eigenvalue weighted by atomic mass is 10.3. The van der Waals surface area contributed by atoms with Crippen LogP contribution in [0.2, 0.25) is 0 Å². The number of ether oxygens (including phenoxy) is 1. The van der Waals surface area contributed by atoms with Gasteiger partial charge in [0.05, 0.1) is 6.10 Å². The monoisotopic (exact) mass is 184 g/mol. The van der Waals surface area contributed by atoms with E-state index in [4.69, 9.17) is 10.5 Å². The second-order valence-corrected chi connectivity index (χ2v) is 3.41. The minimum atomic E-state index is 0.229. The van der Waals surface area contributed by atoms with Crippen molar-refractivity contribution in [3.05, 3.63) is 12.2 Å². The van der Waals surface area contributed by atoms with Crippen LogP contribution in [0.15, 0.2) is 12.2 Å². The van der Waals surface area contributed by atoms with Gasteiger partial charge in [0, 0.05) is 32.8 Å². The molecule has 0 saturated carbocycles. The van der Waals surface area contributed by atoms with E-state index < -0.39 is 0 Å². The summed E-state index contributed by atoms with van der Waals surface area (Å²) in [6.07, 6.45) is 5.61. The van der Waals surface area contributed by atoms with Gasteiger partial charge in [-0.25, -0.2) is 0 Å². The first-order valence-electron chi connectivity index (χ1n) is 5.02. The quantitative estimate of drug-likeness (QED) is 0.653. The summed E-state index contributed by atoms with van der Waals surface area (Å²) < 4.78 is 5.57. The zero-order chi connectivity index (χ0) is 9.52. The molecule has 76 valence electrons. The second-order valence-electron chi connectivity index (χ2n) is 3.41. The van der Waals surface area contributed by atoms with Crippen LogP contribution in [-0.2, 0) is 4.74 Å². The van der Waals surface area contributed by atoms with Gasteiger partial charge in [0.1, 0.15) is 0 Å². The number of hydrogen-bond acceptors (Lipinski definition) is 3. The first-order valence-corrected chi connectivity index (χ1v) is 5.02. The van der Waals surface area contributed by atoms with Gasteiger partial charge in [-0.05, 0) is 13.3 Å². The maximum Gasteiger partial charge on any atom is 0.0824 e. The predicted octanol–water partition coefficient (Wildman–Crippen LogP) is 0.612. The minimum absolute atomic E-state index is 0.229. The van der Waals surface area contributed by atoms with Crippen LogP contribution in [0.3, 0.4) is 0 Å². The van der Waals surface area contributed by atoms with Crippen molar-refractivity contribution >= 4 is 0 Å². The van der Waals surface area contributed by atoms with Gasteiger partial charge in [-0.15, -0.1) is 0 Å². The van der Waals surface area contributed by atoms with Crippen molar-refractivity contribution in [1.82, 2.24) is 4.90 Å². The molecule has 0 amide bonds. The Kier molecular flexibility index (Phi) is 5.05. The SMILES string of the molecule is C/C=C/CN1CCCOC(CN)C1. The third-order valence-corrected chi connectivity index (χ3v) is 2.30. The maximum absolute atomic E-state index is 5.59. The molecule has 0 aromatic carbocycles. The van der Waals surface area contributed by atoms with Gasteiger partial charge in [0.2, 0.25) is 0 Å². The first-order chi connectivity index (χ1) is 6.36. The van der Waals surface area contributed by atoms with Crippen LogP contribution in [-0.4, -0.2) is 43.8 Å². The summed E-state index contributed by atoms with van der Waals surface area (Å²) in [5.74, 6) is 0. The lowest BCUT2D eigenvalue weighted by molar-refractivity contribution is 0.0620. The zero-order valence-electron chi connectivity index (χ0n) is 8.41. The lowest BCUT2D eigenvalue weighted by Crippen LogP contribution is -2.36. The molecule has 0 aromatic heterocycles. The van der Waals surface area contributed by atoms with Gasteiger partial charge in [-0.2, -0.15) is 0 Å². The summed E-state index contributed by atoms with van der Waals surface area (Å²) in [4.78, 5) is 2.39. The van der Waals surface area contributed by atoms with Gasteiger partial charge in [0.25, 0.3) is 0 Å². The molecule has 1 fully saturated rings. The van der Waals surface area contributed by atoms with Crippen molar-refractivity contribution in [3.63, 3.8) is 0 Å². The molecule has 0 radical (unpaired) electrons. The highest BCUT2D eigenvalue weighted by molar-refractivity contribution is 4.83. The number of rotatable bonds is 3. The van der Waals surface area contributed by atoms with Crippen molar-refractivity contribution < 1.29 is 4.74 Å². The molecule has 1 heterocycles. The van der Waals surface area contributed by atoms with E-state index in [1.165, 1.54) is 0 Å². The van der Waals surface area contributed by atoms with E-state index in [0.29, 0.717) is 6.54 Å². The number of nitrogens with two attached hydrogens (primary N) is 1. The smallest absolute Gasteiger partial charge is 0.0824 e. The highest BCUT2D eigenvalue weighted by Crippen LogP contribution is 2.04. The largest absolute Gasteiger partial charge is 0.376 e. The van der Waals surface area contributed by atoms with Crippen molar-refractivity contribution in [2.24, 2.45) is 5.73 Å². The van der Waals surface area contributed by atoms with Crippen LogP contribution in [0.4, 0.5) is 0 Å². The zero-order valence-corrected chi connectivity index (χ0v) is 8.41. The van der Waals surface area contributed by atoms with Crippen LogP contribution < -0.4 is 5.73 Å². The number of allylic oxidation sites excluding steroid dienone is 1. The predicted molar refractivity (Wildman–Crippen MR) is 54.7 cm³/mol. The van der Waals surface area contributed by atoms with Gasteiger partial charge >= 0.3 is 0 Å². The molecule has 2 N–H and O–H groups in total. The topological polar surface area (TPSA) is 38.5 Å². The Balaban J connectivity index is 2.34. The minimum Gasteiger partial charge on any atom is -0.376 e. The van der Waals surface area contributed by atoms with Crippen LogP contribution in [0.5, 0.6) is 0 Å². The Morgan fingerprint density at radius 1 is 1.62 bits per heavy atom. The third kappa shape index (κ3) is 3.89. The van der Waals surface area contributed by atoms with Crippen molar-refractivity contribution in [2.75, 3.05) is 32.8 Å². The normalized spacial score (nSPS) is 26.5. The number of nitrogens with zero attached hydrogens (tertiary/aromatic N) is 1. The van der Waals surface area contributed by atoms with E-state index >= 15 is 0 Å². The summed E-state index contributed by atoms with van der Waals surface area (Å²) in [6.45, 7) is 6.66. The molecule has 3 nitrogen and oxygen atoms in total. The Labute approximate surface area is 80.5 Å². The van der Waals surface area contributed by atoms with E-state index in [1.807, 2.05) is 0 Å². The highest BCUT2D eigenvalue weighted by atomic mass is 16.5. The van der Waals surface area contributed by atoms with Crippen LogP contribution in [0, 0.1) is 0 Å². The molecule has 13 heavy (non-hydrogen) atoms. The Bertz CT molecular complexity index is 159. The van der Waals surface area contributed by atoms with E-state index in [1.54, 1.807) is 0 Å². The summed E-state index contributed by atoms with van der Waals surface area (Å²) in [5.41, 5.74) is 5.59. The molecule has 0 spiro atoms. The summed E-state index contributed by atoms with van der Waals surface area (Å²) in [5, 5.41) is 0. The molecule has 0 bridgehead atoms. The fraction of sp³-hybridized carbons (Fsp3) is 0.800. The van der Waals surface area contributed by atoms with E-state index in [0.717, 1.165) is 32.7 Å². The van der Waals surface area contributed by atoms with Gasteiger partial charge in [-0.1, -0.05) is 12.2 Å². The Morgan fingerprint density at radius 2 is 2.46 bits per heavy atom. The fourth-order valence-corrected chi connectivity index (χ4v) is 1.53. The fourth-order valence-electron chi connectivity index (χ4n) is 1.53. The summed E-state index contributed by atoms with van der Waals surface area (Å²) >= 11 is 0. The van der Waals surface area contributed by atoms with Gasteiger partial charge in [0.15, 0.2) is 0 Å². The molecule has 1 unspecified atom stereocenters. The molecular weight excluding hydrogens is 164 g/mol. The van der Waals surface area contributed by atoms with Crippen LogP contribution in [0.1, 0.15) is 13.3 Å². The standard InChI is InChI=1S/C10H20N2O/c1-2-3-5-12-6-4-7-13-10(8-11)9-12/h2-3,10H,4-9,11H2,1H3/b3-2+. The van der Waals surface area contributed by atoms with E-state index in [2.05, 4.69) is 24.0 Å². The molecule has 1 atom stereocenters. The second kappa shape index (κ2) is 6.13. The molecule has 3 heteroatoms. The average molecular weight is 184 g/mol. The number of hydrogen-bond donors (Lipinski definition) is 1. The van der Waals surface area contributed by atoms with Gasteiger partial charge < -0.3 is 10.5 Å². The molecule has 1 saturated heterocycles. The van der Waals surface area contributed by atoms with Crippen molar-refractivity contribution in [2.45, 2.75) is 19.4 Å². The van der Waals surface area contributed by atoms with Crippen LogP contribution in [0.25, 0.3) is 0 Å². The molecule has 1 rings (SSSR count). The van der Waals surface area contributed by atoms with E-state index in [-0.39, 0.29) is 6.10 Å². The van der Waals surface area contributed by atoms with Crippen molar-refractivity contribution in [1.29, 1.82) is 0 Å². The Morgan fingerprint density at radius 3 is 3.15 bits per heavy atom. The molecule has 1 aliphatic rings. The van der Waals surface area contributed by atoms with Crippen LogP contribution >= 0.6 is 0 Å². The molecule has 0 aromatic rings. The Hall–Kier alpha value is -0.380. The summed E-state index contributed by atoms with van der Waals surface area (Å²) in [7, 11) is 0. The molecule has 0 aliphatic carbocycles. The third-order valence-electron chi connectivity index (χ3n) is 2.30. The van der Waals surface area contributed by atoms with Gasteiger partial charge in [-0.3, -0.25) is 4.90 Å². The summed E-state index contributed by atoms with van der Waals surface area (Å²) in [6, 6.07) is 0. The molecule has 1 aliphatic heterocycles. The van der Waals surface area contributed by atoms with E-state index in [9.17, 15) is 0 Å². The maximum atomic E-state index is 5.59. The average Bonchev–Trinajstić information content (AvgIpc) is 2.39.